The predicted octanol–water partition coefficient (Wildman–Crippen LogP) is 3.55. The maximum atomic E-state index is 4.35. The van der Waals surface area contributed by atoms with Crippen molar-refractivity contribution in [1.82, 2.24) is 9.55 Å². The van der Waals surface area contributed by atoms with E-state index >= 15 is 0 Å². The van der Waals surface area contributed by atoms with Crippen LogP contribution in [0.3, 0.4) is 0 Å². The van der Waals surface area contributed by atoms with Crippen LogP contribution in [0.4, 0.5) is 0 Å². The van der Waals surface area contributed by atoms with Crippen LogP contribution in [-0.4, -0.2) is 9.55 Å². The second-order valence-electron chi connectivity index (χ2n) is 4.28. The average molecular weight is 426 g/mol. The molecule has 0 N–H and O–H groups in total. The Morgan fingerprint density at radius 2 is 1.84 bits per heavy atom. The van der Waals surface area contributed by atoms with E-state index in [2.05, 4.69) is 35.3 Å². The second kappa shape index (κ2) is 5.96. The Morgan fingerprint density at radius 1 is 1.05 bits per heavy atom. The fraction of sp³-hybridized carbons (Fsp3) is 0.0625. The Kier molecular flexibility index (Phi) is 4.31. The monoisotopic (exact) mass is 426 g/mol. The maximum Gasteiger partial charge on any atom is 0.0834 e. The van der Waals surface area contributed by atoms with Gasteiger partial charge in [-0.3, -0.25) is 4.98 Å². The average Bonchev–Trinajstić information content (AvgIpc) is 2.87. The smallest absolute Gasteiger partial charge is 0.0834 e. The third kappa shape index (κ3) is 3.01. The molecule has 2 nitrogen and oxygen atoms in total. The van der Waals surface area contributed by atoms with Crippen LogP contribution in [0.5, 0.6) is 0 Å². The first-order valence-corrected chi connectivity index (χ1v) is 5.88. The van der Waals surface area contributed by atoms with Crippen molar-refractivity contribution in [2.24, 2.45) is 7.05 Å². The third-order valence-corrected chi connectivity index (χ3v) is 2.89. The summed E-state index contributed by atoms with van der Waals surface area (Å²) in [5.74, 6) is 0. The minimum absolute atomic E-state index is 0. The van der Waals surface area contributed by atoms with Crippen LogP contribution in [0, 0.1) is 6.07 Å². The van der Waals surface area contributed by atoms with Crippen molar-refractivity contribution in [3.8, 4) is 22.4 Å². The molecule has 2 aromatic carbocycles. The number of imidazole rings is 1. The predicted molar refractivity (Wildman–Crippen MR) is 72.9 cm³/mol. The fourth-order valence-corrected chi connectivity index (χ4v) is 1.98. The number of hydrogen-bond donors (Lipinski definition) is 0. The van der Waals surface area contributed by atoms with Gasteiger partial charge in [0.05, 0.1) is 6.33 Å². The van der Waals surface area contributed by atoms with Crippen LogP contribution in [0.1, 0.15) is 0 Å². The number of rotatable bonds is 2. The fourth-order valence-electron chi connectivity index (χ4n) is 1.98. The Bertz CT molecular complexity index is 659. The molecule has 0 saturated heterocycles. The molecular formula is C16H13IrN2-. The molecule has 3 rings (SSSR count). The van der Waals surface area contributed by atoms with Gasteiger partial charge in [-0.25, -0.2) is 0 Å². The normalized spacial score (nSPS) is 9.95. The zero-order chi connectivity index (χ0) is 12.4. The molecule has 19 heavy (non-hydrogen) atoms. The first-order valence-electron chi connectivity index (χ1n) is 5.88. The molecule has 0 amide bonds. The standard InChI is InChI=1S/C16H13N2.Ir/c1-18-11-16(17-12-18)15-9-5-8-14(10-15)13-6-3-2-4-7-13;/h2-8,10-12H,1H3;/q-1;. The minimum atomic E-state index is 0. The summed E-state index contributed by atoms with van der Waals surface area (Å²) in [5, 5.41) is 0. The largest absolute Gasteiger partial charge is 0.350 e. The summed E-state index contributed by atoms with van der Waals surface area (Å²) in [6.45, 7) is 0. The quantitative estimate of drug-likeness (QED) is 0.575. The summed E-state index contributed by atoms with van der Waals surface area (Å²) in [4.78, 5) is 4.35. The summed E-state index contributed by atoms with van der Waals surface area (Å²) in [6.07, 6.45) is 3.80. The van der Waals surface area contributed by atoms with Gasteiger partial charge in [0.2, 0.25) is 0 Å². The van der Waals surface area contributed by atoms with Crippen molar-refractivity contribution in [2.75, 3.05) is 0 Å². The van der Waals surface area contributed by atoms with E-state index in [1.807, 2.05) is 42.1 Å². The summed E-state index contributed by atoms with van der Waals surface area (Å²) in [6, 6.07) is 19.7. The summed E-state index contributed by atoms with van der Waals surface area (Å²) >= 11 is 0. The Balaban J connectivity index is 0.00000133. The van der Waals surface area contributed by atoms with E-state index in [4.69, 9.17) is 0 Å². The molecule has 1 aromatic heterocycles. The zero-order valence-corrected chi connectivity index (χ0v) is 12.9. The molecule has 0 bridgehead atoms. The number of aryl methyl sites for hydroxylation is 1. The van der Waals surface area contributed by atoms with Gasteiger partial charge in [-0.15, -0.1) is 35.4 Å². The Morgan fingerprint density at radius 3 is 2.53 bits per heavy atom. The molecule has 0 spiro atoms. The van der Waals surface area contributed by atoms with Crippen molar-refractivity contribution in [3.63, 3.8) is 0 Å². The van der Waals surface area contributed by atoms with E-state index in [1.165, 1.54) is 11.1 Å². The molecule has 0 aliphatic heterocycles. The van der Waals surface area contributed by atoms with E-state index < -0.39 is 0 Å². The van der Waals surface area contributed by atoms with Crippen molar-refractivity contribution >= 4 is 0 Å². The van der Waals surface area contributed by atoms with E-state index in [0.29, 0.717) is 0 Å². The molecule has 97 valence electrons. The van der Waals surface area contributed by atoms with Crippen LogP contribution in [-0.2, 0) is 27.2 Å². The minimum Gasteiger partial charge on any atom is -0.350 e. The number of hydrogen-bond acceptors (Lipinski definition) is 1. The van der Waals surface area contributed by atoms with Crippen molar-refractivity contribution in [1.29, 1.82) is 0 Å². The SMILES string of the molecule is Cn1cnc(-c2[c-]ccc(-c3ccccc3)c2)c1.[Ir]. The molecule has 0 atom stereocenters. The zero-order valence-electron chi connectivity index (χ0n) is 10.5. The van der Waals surface area contributed by atoms with E-state index in [1.54, 1.807) is 6.33 Å². The van der Waals surface area contributed by atoms with Gasteiger partial charge in [0, 0.05) is 32.8 Å². The molecule has 1 heterocycles. The van der Waals surface area contributed by atoms with E-state index in [9.17, 15) is 0 Å². The van der Waals surface area contributed by atoms with Crippen molar-refractivity contribution in [3.05, 3.63) is 67.1 Å². The van der Waals surface area contributed by atoms with Gasteiger partial charge in [-0.1, -0.05) is 30.3 Å². The summed E-state index contributed by atoms with van der Waals surface area (Å²) in [7, 11) is 1.97. The van der Waals surface area contributed by atoms with Crippen LogP contribution in [0.2, 0.25) is 0 Å². The van der Waals surface area contributed by atoms with Gasteiger partial charge in [0.15, 0.2) is 0 Å². The van der Waals surface area contributed by atoms with Crippen molar-refractivity contribution in [2.45, 2.75) is 0 Å². The number of benzene rings is 2. The second-order valence-corrected chi connectivity index (χ2v) is 4.28. The van der Waals surface area contributed by atoms with Gasteiger partial charge in [0.1, 0.15) is 0 Å². The number of nitrogens with zero attached hydrogens (tertiary/aromatic N) is 2. The molecule has 0 aliphatic rings. The third-order valence-electron chi connectivity index (χ3n) is 2.89. The molecule has 0 unspecified atom stereocenters. The van der Waals surface area contributed by atoms with Gasteiger partial charge in [-0.2, -0.15) is 0 Å². The Hall–Kier alpha value is -1.70. The summed E-state index contributed by atoms with van der Waals surface area (Å²) < 4.78 is 1.94. The van der Waals surface area contributed by atoms with E-state index in [-0.39, 0.29) is 20.1 Å². The molecule has 0 aliphatic carbocycles. The van der Waals surface area contributed by atoms with Gasteiger partial charge in [-0.05, 0) is 11.8 Å². The van der Waals surface area contributed by atoms with Crippen LogP contribution in [0.15, 0.2) is 61.1 Å². The summed E-state index contributed by atoms with van der Waals surface area (Å²) in [5.41, 5.74) is 4.38. The number of aromatic nitrogens is 2. The first-order chi connectivity index (χ1) is 8.83. The van der Waals surface area contributed by atoms with Crippen molar-refractivity contribution < 1.29 is 20.1 Å². The topological polar surface area (TPSA) is 17.8 Å². The first kappa shape index (κ1) is 13.7. The molecule has 3 aromatic rings. The molecule has 0 saturated carbocycles. The molecule has 0 fully saturated rings. The van der Waals surface area contributed by atoms with Crippen LogP contribution in [0.25, 0.3) is 22.4 Å². The molecular weight excluding hydrogens is 412 g/mol. The van der Waals surface area contributed by atoms with Crippen LogP contribution < -0.4 is 0 Å². The van der Waals surface area contributed by atoms with Gasteiger partial charge >= 0.3 is 0 Å². The molecule has 1 radical (unpaired) electrons. The van der Waals surface area contributed by atoms with Gasteiger partial charge < -0.3 is 4.57 Å². The maximum absolute atomic E-state index is 4.35. The van der Waals surface area contributed by atoms with Gasteiger partial charge in [0.25, 0.3) is 0 Å². The Labute approximate surface area is 126 Å². The molecule has 3 heteroatoms. The van der Waals surface area contributed by atoms with E-state index in [0.717, 1.165) is 11.3 Å². The van der Waals surface area contributed by atoms with Crippen LogP contribution >= 0.6 is 0 Å².